The number of alkyl halides is 3. The van der Waals surface area contributed by atoms with Crippen LogP contribution >= 0.6 is 0 Å². The molecule has 2 rings (SSSR count). The Morgan fingerprint density at radius 2 is 1.91 bits per heavy atom. The van der Waals surface area contributed by atoms with Crippen LogP contribution in [0.2, 0.25) is 0 Å². The molecule has 0 fully saturated rings. The number of hydrogen-bond donors (Lipinski definition) is 1. The zero-order chi connectivity index (χ0) is 16.2. The van der Waals surface area contributed by atoms with E-state index in [9.17, 15) is 18.3 Å². The Labute approximate surface area is 126 Å². The summed E-state index contributed by atoms with van der Waals surface area (Å²) >= 11 is 0. The third-order valence-corrected chi connectivity index (χ3v) is 3.10. The number of nitrogens with zero attached hydrogens (tertiary/aromatic N) is 2. The molecule has 0 saturated heterocycles. The summed E-state index contributed by atoms with van der Waals surface area (Å²) in [5, 5.41) is 13.2. The summed E-state index contributed by atoms with van der Waals surface area (Å²) in [6, 6.07) is 8.30. The molecule has 22 heavy (non-hydrogen) atoms. The van der Waals surface area contributed by atoms with Crippen molar-refractivity contribution in [1.29, 1.82) is 0 Å². The number of hydrogen-bond acceptors (Lipinski definition) is 3. The van der Waals surface area contributed by atoms with Gasteiger partial charge in [-0.05, 0) is 30.2 Å². The van der Waals surface area contributed by atoms with Gasteiger partial charge in [0.15, 0.2) is 5.69 Å². The Hall–Kier alpha value is -2.02. The van der Waals surface area contributed by atoms with Crippen molar-refractivity contribution in [3.8, 4) is 5.75 Å². The molecule has 0 aliphatic carbocycles. The molecule has 1 atom stereocenters. The second-order valence-electron chi connectivity index (χ2n) is 4.88. The van der Waals surface area contributed by atoms with E-state index in [0.29, 0.717) is 5.75 Å². The molecule has 0 aliphatic rings. The normalized spacial score (nSPS) is 13.1. The van der Waals surface area contributed by atoms with Crippen molar-refractivity contribution < 1.29 is 23.0 Å². The minimum Gasteiger partial charge on any atom is -0.491 e. The number of ether oxygens (including phenoxy) is 1. The van der Waals surface area contributed by atoms with Gasteiger partial charge in [0, 0.05) is 6.20 Å². The topological polar surface area (TPSA) is 47.3 Å². The smallest absolute Gasteiger partial charge is 0.435 e. The van der Waals surface area contributed by atoms with Crippen LogP contribution in [0.5, 0.6) is 5.75 Å². The molecule has 0 bridgehead atoms. The van der Waals surface area contributed by atoms with Gasteiger partial charge in [0.2, 0.25) is 0 Å². The van der Waals surface area contributed by atoms with Crippen molar-refractivity contribution in [2.75, 3.05) is 6.61 Å². The molecular weight excluding hydrogens is 297 g/mol. The summed E-state index contributed by atoms with van der Waals surface area (Å²) < 4.78 is 43.7. The maximum atomic E-state index is 12.4. The first-order valence-electron chi connectivity index (χ1n) is 6.89. The van der Waals surface area contributed by atoms with Crippen molar-refractivity contribution in [2.24, 2.45) is 0 Å². The minimum absolute atomic E-state index is 0.0211. The standard InChI is InChI=1S/C15H17F3N2O2/c1-2-11-3-5-13(6-4-11)22-10-12(21)9-20-8-7-14(19-20)15(16,17)18/h3-8,12,21H,2,9-10H2,1H3. The molecule has 0 spiro atoms. The van der Waals surface area contributed by atoms with E-state index in [4.69, 9.17) is 4.74 Å². The van der Waals surface area contributed by atoms with E-state index in [2.05, 4.69) is 5.10 Å². The van der Waals surface area contributed by atoms with E-state index in [-0.39, 0.29) is 13.2 Å². The molecule has 0 radical (unpaired) electrons. The molecular formula is C15H17F3N2O2. The molecule has 4 nitrogen and oxygen atoms in total. The summed E-state index contributed by atoms with van der Waals surface area (Å²) in [4.78, 5) is 0. The lowest BCUT2D eigenvalue weighted by atomic mass is 10.2. The maximum absolute atomic E-state index is 12.4. The number of halogens is 3. The predicted molar refractivity (Wildman–Crippen MR) is 74.6 cm³/mol. The largest absolute Gasteiger partial charge is 0.491 e. The van der Waals surface area contributed by atoms with E-state index in [0.717, 1.165) is 17.2 Å². The van der Waals surface area contributed by atoms with Gasteiger partial charge in [-0.15, -0.1) is 0 Å². The van der Waals surface area contributed by atoms with Gasteiger partial charge in [0.1, 0.15) is 18.5 Å². The molecule has 1 aromatic heterocycles. The molecule has 0 aliphatic heterocycles. The summed E-state index contributed by atoms with van der Waals surface area (Å²) in [6.07, 6.45) is -3.33. The van der Waals surface area contributed by atoms with E-state index in [1.54, 1.807) is 12.1 Å². The van der Waals surface area contributed by atoms with Crippen molar-refractivity contribution in [1.82, 2.24) is 9.78 Å². The Bertz CT molecular complexity index is 594. The van der Waals surface area contributed by atoms with Gasteiger partial charge in [-0.1, -0.05) is 19.1 Å². The maximum Gasteiger partial charge on any atom is 0.435 e. The Kier molecular flexibility index (Phi) is 5.07. The monoisotopic (exact) mass is 314 g/mol. The predicted octanol–water partition coefficient (Wildman–Crippen LogP) is 2.90. The van der Waals surface area contributed by atoms with Crippen molar-refractivity contribution >= 4 is 0 Å². The van der Waals surface area contributed by atoms with Crippen LogP contribution in [0.1, 0.15) is 18.2 Å². The highest BCUT2D eigenvalue weighted by Gasteiger charge is 2.33. The number of aryl methyl sites for hydroxylation is 1. The van der Waals surface area contributed by atoms with Crippen LogP contribution in [0, 0.1) is 0 Å². The van der Waals surface area contributed by atoms with E-state index in [1.165, 1.54) is 11.8 Å². The molecule has 1 aromatic carbocycles. The van der Waals surface area contributed by atoms with Gasteiger partial charge in [-0.3, -0.25) is 4.68 Å². The van der Waals surface area contributed by atoms with Crippen molar-refractivity contribution in [3.63, 3.8) is 0 Å². The molecule has 1 N–H and O–H groups in total. The first-order valence-corrected chi connectivity index (χ1v) is 6.89. The van der Waals surface area contributed by atoms with E-state index >= 15 is 0 Å². The third kappa shape index (κ3) is 4.49. The van der Waals surface area contributed by atoms with Gasteiger partial charge in [0.05, 0.1) is 6.54 Å². The lowest BCUT2D eigenvalue weighted by molar-refractivity contribution is -0.141. The van der Waals surface area contributed by atoms with Crippen LogP contribution in [0.15, 0.2) is 36.5 Å². The van der Waals surface area contributed by atoms with Gasteiger partial charge in [0.25, 0.3) is 0 Å². The summed E-state index contributed by atoms with van der Waals surface area (Å²) in [5.41, 5.74) is 0.194. The highest BCUT2D eigenvalue weighted by Crippen LogP contribution is 2.27. The average molecular weight is 314 g/mol. The lowest BCUT2D eigenvalue weighted by Crippen LogP contribution is -2.24. The quantitative estimate of drug-likeness (QED) is 0.892. The number of benzene rings is 1. The van der Waals surface area contributed by atoms with Gasteiger partial charge >= 0.3 is 6.18 Å². The van der Waals surface area contributed by atoms with Gasteiger partial charge in [-0.2, -0.15) is 18.3 Å². The van der Waals surface area contributed by atoms with Crippen LogP contribution in [0.25, 0.3) is 0 Å². The number of aliphatic hydroxyl groups is 1. The molecule has 0 saturated carbocycles. The lowest BCUT2D eigenvalue weighted by Gasteiger charge is -2.13. The highest BCUT2D eigenvalue weighted by molar-refractivity contribution is 5.27. The second-order valence-corrected chi connectivity index (χ2v) is 4.88. The summed E-state index contributed by atoms with van der Waals surface area (Å²) in [6.45, 7) is 1.95. The van der Waals surface area contributed by atoms with Crippen LogP contribution in [-0.2, 0) is 19.1 Å². The summed E-state index contributed by atoms with van der Waals surface area (Å²) in [7, 11) is 0. The fourth-order valence-corrected chi connectivity index (χ4v) is 1.90. The molecule has 7 heteroatoms. The van der Waals surface area contributed by atoms with Gasteiger partial charge in [-0.25, -0.2) is 0 Å². The molecule has 2 aromatic rings. The van der Waals surface area contributed by atoms with Crippen LogP contribution < -0.4 is 4.74 Å². The molecule has 0 amide bonds. The average Bonchev–Trinajstić information content (AvgIpc) is 2.94. The molecule has 1 unspecified atom stereocenters. The van der Waals surface area contributed by atoms with Gasteiger partial charge < -0.3 is 9.84 Å². The van der Waals surface area contributed by atoms with Crippen LogP contribution in [0.4, 0.5) is 13.2 Å². The van der Waals surface area contributed by atoms with Crippen LogP contribution in [0.3, 0.4) is 0 Å². The fraction of sp³-hybridized carbons (Fsp3) is 0.400. The number of rotatable bonds is 6. The van der Waals surface area contributed by atoms with Crippen molar-refractivity contribution in [3.05, 3.63) is 47.8 Å². The first-order chi connectivity index (χ1) is 10.4. The zero-order valence-electron chi connectivity index (χ0n) is 12.0. The molecule has 1 heterocycles. The number of aromatic nitrogens is 2. The Balaban J connectivity index is 1.84. The zero-order valence-corrected chi connectivity index (χ0v) is 12.0. The fourth-order valence-electron chi connectivity index (χ4n) is 1.90. The third-order valence-electron chi connectivity index (χ3n) is 3.10. The summed E-state index contributed by atoms with van der Waals surface area (Å²) in [5.74, 6) is 0.604. The van der Waals surface area contributed by atoms with E-state index < -0.39 is 18.0 Å². The minimum atomic E-state index is -4.48. The van der Waals surface area contributed by atoms with Crippen LogP contribution in [-0.4, -0.2) is 27.6 Å². The number of aliphatic hydroxyl groups excluding tert-OH is 1. The Morgan fingerprint density at radius 1 is 1.23 bits per heavy atom. The molecule has 120 valence electrons. The highest BCUT2D eigenvalue weighted by atomic mass is 19.4. The Morgan fingerprint density at radius 3 is 2.45 bits per heavy atom. The van der Waals surface area contributed by atoms with Crippen molar-refractivity contribution in [2.45, 2.75) is 32.2 Å². The SMILES string of the molecule is CCc1ccc(OCC(O)Cn2ccc(C(F)(F)F)n2)cc1. The first kappa shape index (κ1) is 16.4. The van der Waals surface area contributed by atoms with E-state index in [1.807, 2.05) is 19.1 Å². The second kappa shape index (κ2) is 6.83.